The maximum absolute atomic E-state index is 12.2. The van der Waals surface area contributed by atoms with Crippen molar-refractivity contribution < 1.29 is 4.79 Å². The molecule has 0 aromatic heterocycles. The van der Waals surface area contributed by atoms with E-state index >= 15 is 0 Å². The van der Waals surface area contributed by atoms with Crippen LogP contribution in [-0.2, 0) is 11.3 Å². The zero-order valence-electron chi connectivity index (χ0n) is 17.0. The topological polar surface area (TPSA) is 20.3 Å². The summed E-state index contributed by atoms with van der Waals surface area (Å²) in [6.07, 6.45) is 4.33. The van der Waals surface area contributed by atoms with Gasteiger partial charge in [0.15, 0.2) is 0 Å². The van der Waals surface area contributed by atoms with Gasteiger partial charge in [-0.3, -0.25) is 4.79 Å². The highest BCUT2D eigenvalue weighted by molar-refractivity contribution is 5.76. The number of benzene rings is 1. The number of hydrogen-bond donors (Lipinski definition) is 0. The minimum absolute atomic E-state index is 0.255. The van der Waals surface area contributed by atoms with E-state index in [4.69, 9.17) is 0 Å². The molecular weight excluding hydrogens is 294 g/mol. The SMILES string of the molecule is CC(C)CCC(=O)N(Cc1ccccc1)C(C)C.CCCC(C)C. The van der Waals surface area contributed by atoms with E-state index in [0.717, 1.165) is 18.9 Å². The average molecular weight is 334 g/mol. The highest BCUT2D eigenvalue weighted by atomic mass is 16.2. The van der Waals surface area contributed by atoms with Crippen LogP contribution in [0.4, 0.5) is 0 Å². The van der Waals surface area contributed by atoms with Gasteiger partial charge in [0.1, 0.15) is 0 Å². The third kappa shape index (κ3) is 11.3. The molecule has 1 rings (SSSR count). The van der Waals surface area contributed by atoms with Crippen molar-refractivity contribution >= 4 is 5.91 Å². The fourth-order valence-electron chi connectivity index (χ4n) is 2.47. The van der Waals surface area contributed by atoms with E-state index < -0.39 is 0 Å². The van der Waals surface area contributed by atoms with Crippen molar-refractivity contribution in [1.29, 1.82) is 0 Å². The van der Waals surface area contributed by atoms with Gasteiger partial charge in [0, 0.05) is 19.0 Å². The van der Waals surface area contributed by atoms with Crippen LogP contribution in [0.1, 0.15) is 79.7 Å². The van der Waals surface area contributed by atoms with Crippen molar-refractivity contribution in [1.82, 2.24) is 4.90 Å². The van der Waals surface area contributed by atoms with Crippen LogP contribution in [0, 0.1) is 11.8 Å². The van der Waals surface area contributed by atoms with E-state index in [1.807, 2.05) is 23.1 Å². The van der Waals surface area contributed by atoms with E-state index in [2.05, 4.69) is 60.6 Å². The molecule has 0 saturated heterocycles. The van der Waals surface area contributed by atoms with Crippen LogP contribution >= 0.6 is 0 Å². The van der Waals surface area contributed by atoms with E-state index in [1.165, 1.54) is 18.4 Å². The fraction of sp³-hybridized carbons (Fsp3) is 0.682. The molecule has 0 aliphatic carbocycles. The molecule has 0 unspecified atom stereocenters. The Balaban J connectivity index is 0.000000754. The van der Waals surface area contributed by atoms with Crippen molar-refractivity contribution in [2.45, 2.75) is 86.7 Å². The Kier molecular flexibility index (Phi) is 12.3. The molecule has 0 fully saturated rings. The van der Waals surface area contributed by atoms with Crippen LogP contribution in [0.5, 0.6) is 0 Å². The van der Waals surface area contributed by atoms with Gasteiger partial charge in [-0.15, -0.1) is 0 Å². The largest absolute Gasteiger partial charge is 0.336 e. The molecule has 0 radical (unpaired) electrons. The summed E-state index contributed by atoms with van der Waals surface area (Å²) in [5.41, 5.74) is 1.20. The minimum Gasteiger partial charge on any atom is -0.336 e. The molecule has 0 spiro atoms. The Labute approximate surface area is 150 Å². The first-order valence-corrected chi connectivity index (χ1v) is 9.61. The molecule has 0 heterocycles. The third-order valence-corrected chi connectivity index (χ3v) is 3.94. The lowest BCUT2D eigenvalue weighted by Crippen LogP contribution is -2.36. The van der Waals surface area contributed by atoms with Gasteiger partial charge in [0.25, 0.3) is 0 Å². The summed E-state index contributed by atoms with van der Waals surface area (Å²) in [5, 5.41) is 0. The van der Waals surface area contributed by atoms with Gasteiger partial charge in [-0.05, 0) is 37.7 Å². The van der Waals surface area contributed by atoms with Gasteiger partial charge < -0.3 is 4.90 Å². The smallest absolute Gasteiger partial charge is 0.223 e. The molecule has 0 saturated carbocycles. The third-order valence-electron chi connectivity index (χ3n) is 3.94. The van der Waals surface area contributed by atoms with E-state index in [-0.39, 0.29) is 11.9 Å². The van der Waals surface area contributed by atoms with E-state index in [9.17, 15) is 4.79 Å². The van der Waals surface area contributed by atoms with Gasteiger partial charge in [0.2, 0.25) is 5.91 Å². The standard InChI is InChI=1S/C16H25NO.C6H14/c1-13(2)10-11-16(18)17(14(3)4)12-15-8-6-5-7-9-15;1-4-5-6(2)3/h5-9,13-14H,10-12H2,1-4H3;6H,4-5H2,1-3H3. The van der Waals surface area contributed by atoms with Crippen LogP contribution in [0.15, 0.2) is 30.3 Å². The minimum atomic E-state index is 0.255. The van der Waals surface area contributed by atoms with Crippen LogP contribution < -0.4 is 0 Å². The van der Waals surface area contributed by atoms with Crippen molar-refractivity contribution in [2.75, 3.05) is 0 Å². The monoisotopic (exact) mass is 333 g/mol. The zero-order chi connectivity index (χ0) is 18.5. The van der Waals surface area contributed by atoms with Gasteiger partial charge in [0.05, 0.1) is 0 Å². The van der Waals surface area contributed by atoms with E-state index in [1.54, 1.807) is 0 Å². The van der Waals surface area contributed by atoms with Crippen molar-refractivity contribution in [3.8, 4) is 0 Å². The van der Waals surface area contributed by atoms with Crippen molar-refractivity contribution in [2.24, 2.45) is 11.8 Å². The Bertz CT molecular complexity index is 423. The molecule has 0 atom stereocenters. The summed E-state index contributed by atoms with van der Waals surface area (Å²) in [4.78, 5) is 14.2. The first-order chi connectivity index (χ1) is 11.3. The average Bonchev–Trinajstić information content (AvgIpc) is 2.51. The molecule has 0 N–H and O–H groups in total. The van der Waals surface area contributed by atoms with Crippen molar-refractivity contribution in [3.63, 3.8) is 0 Å². The second kappa shape index (κ2) is 13.0. The van der Waals surface area contributed by atoms with Gasteiger partial charge in [-0.1, -0.05) is 77.8 Å². The second-order valence-electron chi connectivity index (χ2n) is 7.72. The Morgan fingerprint density at radius 3 is 1.83 bits per heavy atom. The highest BCUT2D eigenvalue weighted by Gasteiger charge is 2.17. The normalized spacial score (nSPS) is 10.8. The molecule has 0 bridgehead atoms. The summed E-state index contributed by atoms with van der Waals surface area (Å²) in [7, 11) is 0. The molecule has 0 aliphatic heterocycles. The molecule has 2 heteroatoms. The number of amides is 1. The Morgan fingerprint density at radius 1 is 0.917 bits per heavy atom. The number of hydrogen-bond acceptors (Lipinski definition) is 1. The van der Waals surface area contributed by atoms with Crippen LogP contribution in [0.2, 0.25) is 0 Å². The molecule has 24 heavy (non-hydrogen) atoms. The quantitative estimate of drug-likeness (QED) is 0.546. The number of nitrogens with zero attached hydrogens (tertiary/aromatic N) is 1. The molecule has 0 aliphatic rings. The van der Waals surface area contributed by atoms with E-state index in [0.29, 0.717) is 12.3 Å². The predicted octanol–water partition coefficient (Wildman–Crippen LogP) is 6.30. The fourth-order valence-corrected chi connectivity index (χ4v) is 2.47. The summed E-state index contributed by atoms with van der Waals surface area (Å²) < 4.78 is 0. The predicted molar refractivity (Wildman–Crippen MR) is 106 cm³/mol. The van der Waals surface area contributed by atoms with Gasteiger partial charge >= 0.3 is 0 Å². The summed E-state index contributed by atoms with van der Waals surface area (Å²) in [5.74, 6) is 1.75. The maximum atomic E-state index is 12.2. The second-order valence-corrected chi connectivity index (χ2v) is 7.72. The van der Waals surface area contributed by atoms with Crippen LogP contribution in [-0.4, -0.2) is 16.8 Å². The summed E-state index contributed by atoms with van der Waals surface area (Å²) in [6, 6.07) is 10.4. The maximum Gasteiger partial charge on any atom is 0.223 e. The number of carbonyl (C=O) groups is 1. The van der Waals surface area contributed by atoms with Crippen molar-refractivity contribution in [3.05, 3.63) is 35.9 Å². The van der Waals surface area contributed by atoms with Gasteiger partial charge in [-0.25, -0.2) is 0 Å². The molecular formula is C22H39NO. The number of rotatable bonds is 8. The summed E-state index contributed by atoms with van der Waals surface area (Å²) >= 11 is 0. The molecule has 1 aromatic rings. The molecule has 1 amide bonds. The molecule has 138 valence electrons. The first-order valence-electron chi connectivity index (χ1n) is 9.61. The first kappa shape index (κ1) is 22.7. The highest BCUT2D eigenvalue weighted by Crippen LogP contribution is 2.13. The Morgan fingerprint density at radius 2 is 1.46 bits per heavy atom. The zero-order valence-corrected chi connectivity index (χ0v) is 17.0. The lowest BCUT2D eigenvalue weighted by Gasteiger charge is -2.27. The molecule has 1 aromatic carbocycles. The lowest BCUT2D eigenvalue weighted by molar-refractivity contribution is -0.133. The lowest BCUT2D eigenvalue weighted by atomic mass is 10.1. The van der Waals surface area contributed by atoms with Gasteiger partial charge in [-0.2, -0.15) is 0 Å². The number of carbonyl (C=O) groups excluding carboxylic acids is 1. The molecule has 2 nitrogen and oxygen atoms in total. The van der Waals surface area contributed by atoms with Crippen LogP contribution in [0.3, 0.4) is 0 Å². The van der Waals surface area contributed by atoms with Crippen LogP contribution in [0.25, 0.3) is 0 Å². The Hall–Kier alpha value is -1.31. The summed E-state index contributed by atoms with van der Waals surface area (Å²) in [6.45, 7) is 15.9.